The molecule has 0 N–H and O–H groups in total. The van der Waals surface area contributed by atoms with Crippen LogP contribution in [0.4, 0.5) is 0 Å². The molecule has 3 aromatic carbocycles. The maximum Gasteiger partial charge on any atom is 0.135 e. The molecule has 4 aromatic heterocycles. The minimum absolute atomic E-state index is 0. The molecule has 7 rings (SSSR count). The van der Waals surface area contributed by atoms with Crippen molar-refractivity contribution in [2.24, 2.45) is 0 Å². The van der Waals surface area contributed by atoms with Gasteiger partial charge >= 0.3 is 0 Å². The molecule has 195 valence electrons. The van der Waals surface area contributed by atoms with E-state index in [0.29, 0.717) is 0 Å². The number of pyridine rings is 3. The molecule has 4 nitrogen and oxygen atoms in total. The van der Waals surface area contributed by atoms with Gasteiger partial charge in [0.25, 0.3) is 0 Å². The summed E-state index contributed by atoms with van der Waals surface area (Å²) in [4.78, 5) is 12.7. The van der Waals surface area contributed by atoms with Gasteiger partial charge < -0.3 is 14.4 Å². The molecule has 0 aliphatic carbocycles. The first kappa shape index (κ1) is 26.9. The second-order valence-corrected chi connectivity index (χ2v) is 8.80. The number of aromatic nitrogens is 3. The molecule has 0 amide bonds. The van der Waals surface area contributed by atoms with Crippen LogP contribution in [0.25, 0.3) is 55.9 Å². The van der Waals surface area contributed by atoms with Gasteiger partial charge in [0.05, 0.1) is 0 Å². The van der Waals surface area contributed by atoms with E-state index in [9.17, 15) is 0 Å². The van der Waals surface area contributed by atoms with Gasteiger partial charge in [-0.3, -0.25) is 4.98 Å². The Morgan fingerprint density at radius 1 is 0.525 bits per heavy atom. The van der Waals surface area contributed by atoms with Gasteiger partial charge in [0.2, 0.25) is 0 Å². The van der Waals surface area contributed by atoms with Crippen LogP contribution < -0.4 is 0 Å². The number of nitrogens with zero attached hydrogens (tertiary/aromatic N) is 3. The van der Waals surface area contributed by atoms with Gasteiger partial charge in [0.1, 0.15) is 11.3 Å². The van der Waals surface area contributed by atoms with Crippen molar-refractivity contribution < 1.29 is 24.5 Å². The zero-order valence-electron chi connectivity index (χ0n) is 21.4. The number of benzene rings is 3. The normalized spacial score (nSPS) is 10.3. The SMILES string of the molecule is [Ir].[c-]1ccc(-c2ccc3oc(-c4ccncc4)cc3c2)cc1-c1ccccn1.[c-]1ccccc1-c1ccccn1. The molecule has 0 aliphatic rings. The van der Waals surface area contributed by atoms with Crippen LogP contribution in [-0.4, -0.2) is 15.0 Å². The molecular formula is C35H23IrN3O-2. The summed E-state index contributed by atoms with van der Waals surface area (Å²) in [5.41, 5.74) is 8.07. The number of fused-ring (bicyclic) bond motifs is 1. The molecule has 7 aromatic rings. The van der Waals surface area contributed by atoms with Crippen LogP contribution in [0.2, 0.25) is 0 Å². The second kappa shape index (κ2) is 12.9. The van der Waals surface area contributed by atoms with Crippen LogP contribution >= 0.6 is 0 Å². The topological polar surface area (TPSA) is 51.8 Å². The van der Waals surface area contributed by atoms with Gasteiger partial charge in [0, 0.05) is 55.8 Å². The Kier molecular flexibility index (Phi) is 8.67. The number of rotatable bonds is 4. The average Bonchev–Trinajstić information content (AvgIpc) is 3.47. The first-order valence-electron chi connectivity index (χ1n) is 12.6. The van der Waals surface area contributed by atoms with E-state index < -0.39 is 0 Å². The molecule has 0 bridgehead atoms. The van der Waals surface area contributed by atoms with E-state index in [-0.39, 0.29) is 20.1 Å². The zero-order valence-corrected chi connectivity index (χ0v) is 23.8. The fourth-order valence-corrected chi connectivity index (χ4v) is 4.27. The Morgan fingerprint density at radius 2 is 1.23 bits per heavy atom. The molecule has 0 atom stereocenters. The average molecular weight is 694 g/mol. The second-order valence-electron chi connectivity index (χ2n) is 8.80. The molecule has 1 radical (unpaired) electrons. The summed E-state index contributed by atoms with van der Waals surface area (Å²) in [6, 6.07) is 44.3. The summed E-state index contributed by atoms with van der Waals surface area (Å²) in [7, 11) is 0. The molecule has 0 aliphatic heterocycles. The van der Waals surface area contributed by atoms with Crippen molar-refractivity contribution in [1.82, 2.24) is 15.0 Å². The summed E-state index contributed by atoms with van der Waals surface area (Å²) in [6.45, 7) is 0. The summed E-state index contributed by atoms with van der Waals surface area (Å²) in [6.07, 6.45) is 7.13. The van der Waals surface area contributed by atoms with Gasteiger partial charge in [-0.05, 0) is 59.4 Å². The third-order valence-electron chi connectivity index (χ3n) is 6.21. The first-order chi connectivity index (χ1) is 19.3. The summed E-state index contributed by atoms with van der Waals surface area (Å²) in [5, 5.41) is 1.08. The molecule has 0 fully saturated rings. The van der Waals surface area contributed by atoms with Crippen LogP contribution in [0.1, 0.15) is 0 Å². The third-order valence-corrected chi connectivity index (χ3v) is 6.21. The number of hydrogen-bond donors (Lipinski definition) is 0. The van der Waals surface area contributed by atoms with Gasteiger partial charge in [-0.2, -0.15) is 0 Å². The van der Waals surface area contributed by atoms with E-state index in [1.807, 2.05) is 84.9 Å². The molecule has 0 saturated heterocycles. The minimum Gasteiger partial charge on any atom is -0.456 e. The molecule has 5 heteroatoms. The monoisotopic (exact) mass is 694 g/mol. The van der Waals surface area contributed by atoms with Crippen LogP contribution in [0.15, 0.2) is 144 Å². The van der Waals surface area contributed by atoms with Crippen molar-refractivity contribution >= 4 is 11.0 Å². The zero-order chi connectivity index (χ0) is 26.3. The maximum absolute atomic E-state index is 5.99. The van der Waals surface area contributed by atoms with Crippen LogP contribution in [-0.2, 0) is 20.1 Å². The van der Waals surface area contributed by atoms with Gasteiger partial charge in [-0.25, -0.2) is 0 Å². The quantitative estimate of drug-likeness (QED) is 0.174. The molecule has 0 saturated carbocycles. The smallest absolute Gasteiger partial charge is 0.135 e. The largest absolute Gasteiger partial charge is 0.456 e. The fourth-order valence-electron chi connectivity index (χ4n) is 4.27. The minimum atomic E-state index is 0. The standard InChI is InChI=1S/C24H15N2O.C11H8N.Ir/c1-2-11-26-22(6-1)20-5-3-4-18(14-20)19-7-8-23-21(15-19)16-24(27-23)17-9-12-25-13-10-17;1-2-6-10(7-3-1)11-8-4-5-9-12-11;/h1-4,6-16H;1-6,8-9H;/q2*-1;. The predicted octanol–water partition coefficient (Wildman–Crippen LogP) is 8.57. The van der Waals surface area contributed by atoms with Gasteiger partial charge in [-0.1, -0.05) is 30.3 Å². The summed E-state index contributed by atoms with van der Waals surface area (Å²) < 4.78 is 5.99. The molecular weight excluding hydrogens is 671 g/mol. The Labute approximate surface area is 246 Å². The molecule has 0 unspecified atom stereocenters. The van der Waals surface area contributed by atoms with E-state index in [2.05, 4.69) is 57.4 Å². The third kappa shape index (κ3) is 6.29. The van der Waals surface area contributed by atoms with Crippen molar-refractivity contribution in [3.63, 3.8) is 0 Å². The van der Waals surface area contributed by atoms with Crippen molar-refractivity contribution in [2.75, 3.05) is 0 Å². The van der Waals surface area contributed by atoms with Crippen molar-refractivity contribution in [3.05, 3.63) is 152 Å². The predicted molar refractivity (Wildman–Crippen MR) is 155 cm³/mol. The first-order valence-corrected chi connectivity index (χ1v) is 12.6. The maximum atomic E-state index is 5.99. The van der Waals surface area contributed by atoms with E-state index in [4.69, 9.17) is 4.42 Å². The molecule has 4 heterocycles. The van der Waals surface area contributed by atoms with Crippen LogP contribution in [0.3, 0.4) is 0 Å². The van der Waals surface area contributed by atoms with Gasteiger partial charge in [0.15, 0.2) is 0 Å². The Balaban J connectivity index is 0.000000209. The Morgan fingerprint density at radius 3 is 1.93 bits per heavy atom. The summed E-state index contributed by atoms with van der Waals surface area (Å²) in [5.74, 6) is 0.847. The Hall–Kier alpha value is -4.70. The molecule has 0 spiro atoms. The summed E-state index contributed by atoms with van der Waals surface area (Å²) >= 11 is 0. The van der Waals surface area contributed by atoms with Crippen LogP contribution in [0, 0.1) is 12.1 Å². The van der Waals surface area contributed by atoms with E-state index in [1.54, 1.807) is 24.8 Å². The Bertz CT molecular complexity index is 1750. The van der Waals surface area contributed by atoms with Crippen molar-refractivity contribution in [3.8, 4) is 45.0 Å². The van der Waals surface area contributed by atoms with Crippen molar-refractivity contribution in [2.45, 2.75) is 0 Å². The number of furan rings is 1. The van der Waals surface area contributed by atoms with E-state index in [1.165, 1.54) is 0 Å². The van der Waals surface area contributed by atoms with E-state index in [0.717, 1.165) is 55.9 Å². The number of hydrogen-bond acceptors (Lipinski definition) is 4. The molecule has 40 heavy (non-hydrogen) atoms. The van der Waals surface area contributed by atoms with E-state index >= 15 is 0 Å². The van der Waals surface area contributed by atoms with Gasteiger partial charge in [-0.15, -0.1) is 71.3 Å². The van der Waals surface area contributed by atoms with Crippen LogP contribution in [0.5, 0.6) is 0 Å². The van der Waals surface area contributed by atoms with Crippen molar-refractivity contribution in [1.29, 1.82) is 0 Å². The fraction of sp³-hybridized carbons (Fsp3) is 0.